The summed E-state index contributed by atoms with van der Waals surface area (Å²) in [5, 5.41) is 6.63. The fraction of sp³-hybridized carbons (Fsp3) is 0.444. The predicted octanol–water partition coefficient (Wildman–Crippen LogP) is 2.13. The van der Waals surface area contributed by atoms with Gasteiger partial charge in [-0.1, -0.05) is 18.1 Å². The van der Waals surface area contributed by atoms with Crippen LogP contribution in [0.25, 0.3) is 0 Å². The van der Waals surface area contributed by atoms with E-state index in [0.29, 0.717) is 61.0 Å². The van der Waals surface area contributed by atoms with Gasteiger partial charge in [-0.05, 0) is 38.0 Å². The summed E-state index contributed by atoms with van der Waals surface area (Å²) in [6.45, 7) is 6.68. The third kappa shape index (κ3) is 3.90. The maximum absolute atomic E-state index is 13.0. The molecule has 1 aromatic heterocycles. The van der Waals surface area contributed by atoms with Crippen molar-refractivity contribution in [2.45, 2.75) is 32.1 Å². The molecule has 1 amide bonds. The highest BCUT2D eigenvalue weighted by atomic mass is 32.2. The quantitative estimate of drug-likeness (QED) is 0.835. The van der Waals surface area contributed by atoms with Crippen LogP contribution < -0.4 is 5.32 Å². The van der Waals surface area contributed by atoms with Crippen molar-refractivity contribution < 1.29 is 22.5 Å². The number of carbonyl (C=O) groups excluding carboxylic acids is 1. The number of anilines is 1. The predicted molar refractivity (Wildman–Crippen MR) is 99.3 cm³/mol. The molecule has 1 aliphatic heterocycles. The highest BCUT2D eigenvalue weighted by Crippen LogP contribution is 2.25. The minimum absolute atomic E-state index is 0.181. The SMILES string of the molecule is CCc1noc(C)c1C(=O)Nc1ccc(C)c(S(=O)(=O)N2CCOCC2)c1. The zero-order valence-corrected chi connectivity index (χ0v) is 16.4. The van der Waals surface area contributed by atoms with Crippen LogP contribution in [0.2, 0.25) is 0 Å². The third-order valence-electron chi connectivity index (χ3n) is 4.53. The summed E-state index contributed by atoms with van der Waals surface area (Å²) in [5.74, 6) is 0.0572. The van der Waals surface area contributed by atoms with E-state index in [-0.39, 0.29) is 10.8 Å². The number of hydrogen-bond acceptors (Lipinski definition) is 6. The van der Waals surface area contributed by atoms with E-state index in [2.05, 4.69) is 10.5 Å². The second-order valence-corrected chi connectivity index (χ2v) is 8.27. The van der Waals surface area contributed by atoms with E-state index >= 15 is 0 Å². The lowest BCUT2D eigenvalue weighted by atomic mass is 10.1. The van der Waals surface area contributed by atoms with Crippen LogP contribution in [0.1, 0.15) is 34.3 Å². The number of sulfonamides is 1. The Hall–Kier alpha value is -2.23. The Kier molecular flexibility index (Phi) is 5.64. The minimum Gasteiger partial charge on any atom is -0.379 e. The first-order valence-corrected chi connectivity index (χ1v) is 10.2. The normalized spacial score (nSPS) is 15.7. The monoisotopic (exact) mass is 393 g/mol. The van der Waals surface area contributed by atoms with E-state index in [1.165, 1.54) is 10.4 Å². The standard InChI is InChI=1S/C18H23N3O5S/c1-4-15-17(13(3)26-20-15)18(22)19-14-6-5-12(2)16(11-14)27(23,24)21-7-9-25-10-8-21/h5-6,11H,4,7-10H2,1-3H3,(H,19,22). The van der Waals surface area contributed by atoms with Crippen molar-refractivity contribution in [1.82, 2.24) is 9.46 Å². The average Bonchev–Trinajstić information content (AvgIpc) is 3.04. The molecular formula is C18H23N3O5S. The molecule has 2 heterocycles. The molecule has 1 fully saturated rings. The van der Waals surface area contributed by atoms with Gasteiger partial charge in [0.1, 0.15) is 11.3 Å². The van der Waals surface area contributed by atoms with Gasteiger partial charge in [-0.2, -0.15) is 4.31 Å². The molecule has 1 saturated heterocycles. The van der Waals surface area contributed by atoms with Crippen molar-refractivity contribution in [3.63, 3.8) is 0 Å². The zero-order valence-electron chi connectivity index (χ0n) is 15.6. The largest absolute Gasteiger partial charge is 0.379 e. The van der Waals surface area contributed by atoms with Crippen LogP contribution in [0, 0.1) is 13.8 Å². The number of ether oxygens (including phenoxy) is 1. The topological polar surface area (TPSA) is 102 Å². The third-order valence-corrected chi connectivity index (χ3v) is 6.57. The van der Waals surface area contributed by atoms with Crippen LogP contribution in [-0.4, -0.2) is 50.1 Å². The van der Waals surface area contributed by atoms with Gasteiger partial charge in [0.15, 0.2) is 0 Å². The Morgan fingerprint density at radius 1 is 1.26 bits per heavy atom. The van der Waals surface area contributed by atoms with E-state index in [1.54, 1.807) is 26.0 Å². The van der Waals surface area contributed by atoms with Crippen molar-refractivity contribution in [1.29, 1.82) is 0 Å². The van der Waals surface area contributed by atoms with E-state index in [4.69, 9.17) is 9.26 Å². The second kappa shape index (κ2) is 7.79. The van der Waals surface area contributed by atoms with Crippen LogP contribution in [-0.2, 0) is 21.2 Å². The number of rotatable bonds is 5. The molecule has 8 nitrogen and oxygen atoms in total. The molecule has 1 N–H and O–H groups in total. The van der Waals surface area contributed by atoms with Gasteiger partial charge in [0, 0.05) is 18.8 Å². The fourth-order valence-electron chi connectivity index (χ4n) is 3.03. The maximum Gasteiger partial charge on any atom is 0.261 e. The number of benzene rings is 1. The molecule has 1 aromatic carbocycles. The fourth-order valence-corrected chi connectivity index (χ4v) is 4.68. The molecular weight excluding hydrogens is 370 g/mol. The number of aryl methyl sites for hydroxylation is 3. The summed E-state index contributed by atoms with van der Waals surface area (Å²) in [5.41, 5.74) is 1.98. The lowest BCUT2D eigenvalue weighted by Gasteiger charge is -2.26. The Bertz CT molecular complexity index is 946. The maximum atomic E-state index is 13.0. The van der Waals surface area contributed by atoms with Crippen molar-refractivity contribution in [2.75, 3.05) is 31.6 Å². The molecule has 0 atom stereocenters. The number of amides is 1. The van der Waals surface area contributed by atoms with Crippen LogP contribution >= 0.6 is 0 Å². The Morgan fingerprint density at radius 3 is 2.63 bits per heavy atom. The minimum atomic E-state index is -3.65. The van der Waals surface area contributed by atoms with E-state index in [9.17, 15) is 13.2 Å². The average molecular weight is 393 g/mol. The first kappa shape index (κ1) is 19.5. The van der Waals surface area contributed by atoms with Gasteiger partial charge in [0.25, 0.3) is 5.91 Å². The zero-order chi connectivity index (χ0) is 19.6. The molecule has 27 heavy (non-hydrogen) atoms. The van der Waals surface area contributed by atoms with Gasteiger partial charge >= 0.3 is 0 Å². The summed E-state index contributed by atoms with van der Waals surface area (Å²) in [7, 11) is -3.65. The molecule has 2 aromatic rings. The van der Waals surface area contributed by atoms with Crippen molar-refractivity contribution in [3.8, 4) is 0 Å². The van der Waals surface area contributed by atoms with Crippen LogP contribution in [0.3, 0.4) is 0 Å². The highest BCUT2D eigenvalue weighted by Gasteiger charge is 2.28. The van der Waals surface area contributed by atoms with Crippen LogP contribution in [0.5, 0.6) is 0 Å². The number of nitrogens with zero attached hydrogens (tertiary/aromatic N) is 2. The summed E-state index contributed by atoms with van der Waals surface area (Å²) in [4.78, 5) is 12.8. The summed E-state index contributed by atoms with van der Waals surface area (Å²) in [6, 6.07) is 4.86. The Balaban J connectivity index is 1.89. The van der Waals surface area contributed by atoms with Crippen molar-refractivity contribution in [3.05, 3.63) is 40.8 Å². The molecule has 146 valence electrons. The second-order valence-electron chi connectivity index (χ2n) is 6.36. The molecule has 9 heteroatoms. The summed E-state index contributed by atoms with van der Waals surface area (Å²) >= 11 is 0. The van der Waals surface area contributed by atoms with E-state index in [1.807, 2.05) is 6.92 Å². The molecule has 0 spiro atoms. The van der Waals surface area contributed by atoms with Gasteiger partial charge in [-0.25, -0.2) is 8.42 Å². The number of nitrogens with one attached hydrogen (secondary N) is 1. The van der Waals surface area contributed by atoms with E-state index in [0.717, 1.165) is 0 Å². The van der Waals surface area contributed by atoms with Crippen molar-refractivity contribution in [2.24, 2.45) is 0 Å². The molecule has 0 bridgehead atoms. The molecule has 0 aliphatic carbocycles. The lowest BCUT2D eigenvalue weighted by molar-refractivity contribution is 0.0730. The number of carbonyl (C=O) groups is 1. The van der Waals surface area contributed by atoms with Gasteiger partial charge in [0.2, 0.25) is 10.0 Å². The summed E-state index contributed by atoms with van der Waals surface area (Å²) < 4.78 is 37.7. The molecule has 0 radical (unpaired) electrons. The number of hydrogen-bond donors (Lipinski definition) is 1. The molecule has 0 saturated carbocycles. The van der Waals surface area contributed by atoms with Gasteiger partial charge in [0.05, 0.1) is 23.8 Å². The van der Waals surface area contributed by atoms with E-state index < -0.39 is 10.0 Å². The Labute approximate surface area is 158 Å². The first-order valence-electron chi connectivity index (χ1n) is 8.79. The number of morpholine rings is 1. The van der Waals surface area contributed by atoms with Gasteiger partial charge in [-0.15, -0.1) is 0 Å². The van der Waals surface area contributed by atoms with Crippen molar-refractivity contribution >= 4 is 21.6 Å². The van der Waals surface area contributed by atoms with Crippen LogP contribution in [0.15, 0.2) is 27.6 Å². The van der Waals surface area contributed by atoms with Gasteiger partial charge < -0.3 is 14.6 Å². The van der Waals surface area contributed by atoms with Crippen LogP contribution in [0.4, 0.5) is 5.69 Å². The smallest absolute Gasteiger partial charge is 0.261 e. The summed E-state index contributed by atoms with van der Waals surface area (Å²) in [6.07, 6.45) is 0.560. The van der Waals surface area contributed by atoms with Gasteiger partial charge in [-0.3, -0.25) is 4.79 Å². The molecule has 0 unspecified atom stereocenters. The Morgan fingerprint density at radius 2 is 1.96 bits per heavy atom. The first-order chi connectivity index (χ1) is 12.8. The lowest BCUT2D eigenvalue weighted by Crippen LogP contribution is -2.40. The number of aromatic nitrogens is 1. The molecule has 1 aliphatic rings. The molecule has 3 rings (SSSR count). The highest BCUT2D eigenvalue weighted by molar-refractivity contribution is 7.89.